The van der Waals surface area contributed by atoms with Crippen molar-refractivity contribution in [1.82, 2.24) is 4.90 Å². The van der Waals surface area contributed by atoms with Crippen LogP contribution in [0.1, 0.15) is 44.1 Å². The fourth-order valence-corrected chi connectivity index (χ4v) is 5.01. The van der Waals surface area contributed by atoms with E-state index in [1.807, 2.05) is 6.07 Å². The number of fused-ring (bicyclic) bond motifs is 1. The minimum atomic E-state index is -0.603. The summed E-state index contributed by atoms with van der Waals surface area (Å²) >= 11 is 0. The van der Waals surface area contributed by atoms with E-state index in [0.29, 0.717) is 37.9 Å². The molecule has 3 fully saturated rings. The molecule has 0 radical (unpaired) electrons. The topological polar surface area (TPSA) is 29.5 Å². The average molecular weight is 331 g/mol. The number of likely N-dealkylation sites (tertiary alicyclic amines) is 1. The first-order valence-corrected chi connectivity index (χ1v) is 9.32. The predicted octanol–water partition coefficient (Wildman–Crippen LogP) is 3.52. The van der Waals surface area contributed by atoms with Crippen molar-refractivity contribution >= 4 is 5.91 Å². The van der Waals surface area contributed by atoms with Crippen LogP contribution in [-0.4, -0.2) is 37.1 Å². The summed E-state index contributed by atoms with van der Waals surface area (Å²) in [6.07, 6.45) is 6.41. The maximum absolute atomic E-state index is 13.8. The number of carbonyl (C=O) groups is 1. The highest BCUT2D eigenvalue weighted by Crippen LogP contribution is 2.41. The van der Waals surface area contributed by atoms with Gasteiger partial charge in [0.25, 0.3) is 0 Å². The lowest BCUT2D eigenvalue weighted by atomic mass is 9.73. The fraction of sp³-hybridized carbons (Fsp3) is 0.650. The Labute approximate surface area is 143 Å². The zero-order valence-corrected chi connectivity index (χ0v) is 14.2. The second-order valence-electron chi connectivity index (χ2n) is 7.72. The van der Waals surface area contributed by atoms with Crippen LogP contribution in [0.4, 0.5) is 4.39 Å². The van der Waals surface area contributed by atoms with Crippen LogP contribution < -0.4 is 0 Å². The van der Waals surface area contributed by atoms with E-state index < -0.39 is 5.41 Å². The summed E-state index contributed by atoms with van der Waals surface area (Å²) in [5.74, 6) is 1.28. The van der Waals surface area contributed by atoms with E-state index >= 15 is 0 Å². The third kappa shape index (κ3) is 2.75. The molecule has 3 nitrogen and oxygen atoms in total. The Morgan fingerprint density at radius 1 is 1.12 bits per heavy atom. The van der Waals surface area contributed by atoms with Crippen LogP contribution in [-0.2, 0) is 14.9 Å². The summed E-state index contributed by atoms with van der Waals surface area (Å²) in [5, 5.41) is 0. The maximum atomic E-state index is 13.8. The zero-order chi connectivity index (χ0) is 16.6. The maximum Gasteiger partial charge on any atom is 0.233 e. The van der Waals surface area contributed by atoms with E-state index in [9.17, 15) is 9.18 Å². The number of nitrogens with zero attached hydrogens (tertiary/aromatic N) is 1. The van der Waals surface area contributed by atoms with Crippen molar-refractivity contribution in [1.29, 1.82) is 0 Å². The highest BCUT2D eigenvalue weighted by molar-refractivity contribution is 5.88. The van der Waals surface area contributed by atoms with E-state index in [-0.39, 0.29) is 11.7 Å². The molecule has 1 aromatic rings. The molecule has 1 aliphatic carbocycles. The number of carbonyl (C=O) groups excluding carboxylic acids is 1. The van der Waals surface area contributed by atoms with Crippen molar-refractivity contribution in [2.24, 2.45) is 11.8 Å². The van der Waals surface area contributed by atoms with Crippen LogP contribution in [0, 0.1) is 17.7 Å². The second kappa shape index (κ2) is 6.47. The summed E-state index contributed by atoms with van der Waals surface area (Å²) in [6.45, 7) is 2.93. The lowest BCUT2D eigenvalue weighted by molar-refractivity contribution is -0.140. The molecule has 3 aliphatic rings. The van der Waals surface area contributed by atoms with Gasteiger partial charge in [-0.15, -0.1) is 0 Å². The molecular formula is C20H26FNO2. The lowest BCUT2D eigenvalue weighted by Gasteiger charge is -2.39. The number of benzene rings is 1. The quantitative estimate of drug-likeness (QED) is 0.830. The molecule has 1 amide bonds. The third-order valence-electron chi connectivity index (χ3n) is 6.40. The molecule has 130 valence electrons. The van der Waals surface area contributed by atoms with Crippen molar-refractivity contribution in [2.75, 3.05) is 26.3 Å². The largest absolute Gasteiger partial charge is 0.381 e. The van der Waals surface area contributed by atoms with Crippen LogP contribution >= 0.6 is 0 Å². The van der Waals surface area contributed by atoms with Crippen LogP contribution in [0.15, 0.2) is 24.3 Å². The van der Waals surface area contributed by atoms with Gasteiger partial charge < -0.3 is 9.64 Å². The molecule has 4 rings (SSSR count). The number of halogens is 1. The van der Waals surface area contributed by atoms with Gasteiger partial charge in [-0.05, 0) is 55.2 Å². The zero-order valence-electron chi connectivity index (χ0n) is 14.2. The Morgan fingerprint density at radius 2 is 1.79 bits per heavy atom. The molecule has 24 heavy (non-hydrogen) atoms. The highest BCUT2D eigenvalue weighted by atomic mass is 19.1. The second-order valence-corrected chi connectivity index (χ2v) is 7.72. The van der Waals surface area contributed by atoms with Gasteiger partial charge in [0.15, 0.2) is 0 Å². The van der Waals surface area contributed by atoms with Crippen molar-refractivity contribution in [3.05, 3.63) is 35.6 Å². The van der Waals surface area contributed by atoms with Gasteiger partial charge in [0.2, 0.25) is 5.91 Å². The Hall–Kier alpha value is -1.42. The fourth-order valence-electron chi connectivity index (χ4n) is 5.01. The van der Waals surface area contributed by atoms with Crippen molar-refractivity contribution < 1.29 is 13.9 Å². The van der Waals surface area contributed by atoms with Gasteiger partial charge in [-0.25, -0.2) is 4.39 Å². The Bertz CT molecular complexity index is 597. The summed E-state index contributed by atoms with van der Waals surface area (Å²) in [7, 11) is 0. The van der Waals surface area contributed by atoms with Gasteiger partial charge in [-0.3, -0.25) is 4.79 Å². The summed E-state index contributed by atoms with van der Waals surface area (Å²) in [5.41, 5.74) is 0.221. The van der Waals surface area contributed by atoms with E-state index in [1.54, 1.807) is 12.1 Å². The molecule has 1 saturated carbocycles. The Balaban J connectivity index is 1.63. The average Bonchev–Trinajstić information content (AvgIpc) is 3.06. The molecule has 0 spiro atoms. The number of ether oxygens (including phenoxy) is 1. The van der Waals surface area contributed by atoms with Crippen molar-refractivity contribution in [3.63, 3.8) is 0 Å². The van der Waals surface area contributed by atoms with E-state index in [0.717, 1.165) is 18.7 Å². The predicted molar refractivity (Wildman–Crippen MR) is 90.2 cm³/mol. The summed E-state index contributed by atoms with van der Waals surface area (Å²) < 4.78 is 19.3. The number of hydrogen-bond acceptors (Lipinski definition) is 2. The Kier molecular flexibility index (Phi) is 4.33. The first-order chi connectivity index (χ1) is 11.7. The monoisotopic (exact) mass is 331 g/mol. The molecule has 4 heteroatoms. The van der Waals surface area contributed by atoms with E-state index in [4.69, 9.17) is 4.74 Å². The van der Waals surface area contributed by atoms with E-state index in [1.165, 1.54) is 31.7 Å². The number of rotatable bonds is 2. The normalized spacial score (nSPS) is 29.3. The molecule has 0 aromatic heterocycles. The summed E-state index contributed by atoms with van der Waals surface area (Å²) in [6, 6.07) is 6.63. The van der Waals surface area contributed by atoms with Crippen molar-refractivity contribution in [3.8, 4) is 0 Å². The first kappa shape index (κ1) is 16.1. The molecule has 2 aliphatic heterocycles. The van der Waals surface area contributed by atoms with Gasteiger partial charge in [0.1, 0.15) is 5.82 Å². The van der Waals surface area contributed by atoms with Gasteiger partial charge in [-0.2, -0.15) is 0 Å². The first-order valence-electron chi connectivity index (χ1n) is 9.32. The van der Waals surface area contributed by atoms with Gasteiger partial charge >= 0.3 is 0 Å². The van der Waals surface area contributed by atoms with Crippen molar-refractivity contribution in [2.45, 2.75) is 43.9 Å². The van der Waals surface area contributed by atoms with Gasteiger partial charge in [0, 0.05) is 26.3 Å². The van der Waals surface area contributed by atoms with Crippen LogP contribution in [0.2, 0.25) is 0 Å². The molecule has 1 aromatic carbocycles. The smallest absolute Gasteiger partial charge is 0.233 e. The molecule has 2 heterocycles. The minimum absolute atomic E-state index is 0.200. The molecular weight excluding hydrogens is 305 g/mol. The number of amides is 1. The SMILES string of the molecule is O=C(N1C[C@H]2CCCC[C@H]2C1)C1(c2cccc(F)c2)CCOCC1. The Morgan fingerprint density at radius 3 is 2.42 bits per heavy atom. The molecule has 2 atom stereocenters. The van der Waals surface area contributed by atoms with Crippen LogP contribution in [0.5, 0.6) is 0 Å². The minimum Gasteiger partial charge on any atom is -0.381 e. The van der Waals surface area contributed by atoms with Gasteiger partial charge in [0.05, 0.1) is 5.41 Å². The molecule has 0 N–H and O–H groups in total. The lowest BCUT2D eigenvalue weighted by Crippen LogP contribution is -2.49. The molecule has 0 bridgehead atoms. The standard InChI is InChI=1S/C20H26FNO2/c21-18-7-3-6-17(12-18)20(8-10-24-11-9-20)19(23)22-13-15-4-1-2-5-16(15)14-22/h3,6-7,12,15-16H,1-2,4-5,8-11,13-14H2/t15-,16+. The van der Waals surface area contributed by atoms with Crippen LogP contribution in [0.25, 0.3) is 0 Å². The van der Waals surface area contributed by atoms with Gasteiger partial charge in [-0.1, -0.05) is 25.0 Å². The third-order valence-corrected chi connectivity index (χ3v) is 6.40. The highest BCUT2D eigenvalue weighted by Gasteiger charge is 2.47. The number of hydrogen-bond donors (Lipinski definition) is 0. The van der Waals surface area contributed by atoms with E-state index in [2.05, 4.69) is 4.90 Å². The summed E-state index contributed by atoms with van der Waals surface area (Å²) in [4.78, 5) is 15.6. The molecule has 2 saturated heterocycles. The molecule has 0 unspecified atom stereocenters. The van der Waals surface area contributed by atoms with Crippen LogP contribution in [0.3, 0.4) is 0 Å².